The van der Waals surface area contributed by atoms with Gasteiger partial charge in [0.2, 0.25) is 0 Å². The predicted octanol–water partition coefficient (Wildman–Crippen LogP) is 15.9. The van der Waals surface area contributed by atoms with Gasteiger partial charge in [0.1, 0.15) is 0 Å². The van der Waals surface area contributed by atoms with E-state index in [0.717, 1.165) is 0 Å². The average Bonchev–Trinajstić information content (AvgIpc) is 3.70. The van der Waals surface area contributed by atoms with Crippen LogP contribution in [0.2, 0.25) is 5.31 Å². The smallest absolute Gasteiger partial charge is 0 e. The van der Waals surface area contributed by atoms with Crippen LogP contribution >= 0.6 is 15.8 Å². The number of aryl methyl sites for hydroxylation is 1. The third-order valence-corrected chi connectivity index (χ3v) is 21.0. The van der Waals surface area contributed by atoms with Gasteiger partial charge in [0.05, 0.1) is 7.85 Å². The van der Waals surface area contributed by atoms with Gasteiger partial charge >= 0.3 is 22.6 Å². The molecule has 0 bridgehead atoms. The predicted molar refractivity (Wildman–Crippen MR) is 235 cm³/mol. The van der Waals surface area contributed by atoms with Crippen molar-refractivity contribution in [2.24, 2.45) is 0 Å². The first-order chi connectivity index (χ1) is 25.8. The van der Waals surface area contributed by atoms with E-state index in [0.29, 0.717) is 15.8 Å². The van der Waals surface area contributed by atoms with E-state index in [4.69, 9.17) is 17.2 Å². The molecule has 0 N–H and O–H groups in total. The van der Waals surface area contributed by atoms with Crippen LogP contribution in [0, 0.1) is 20.2 Å². The average molecular weight is 1030 g/mol. The van der Waals surface area contributed by atoms with E-state index in [1.807, 2.05) is 32.9 Å². The Bertz CT molecular complexity index is 863. The van der Waals surface area contributed by atoms with E-state index in [2.05, 4.69) is 32.4 Å². The fraction of sp³-hybridized carbons (Fsp3) is 0.854. The molecule has 8 heteroatoms. The fourth-order valence-corrected chi connectivity index (χ4v) is 19.9. The van der Waals surface area contributed by atoms with Crippen molar-refractivity contribution in [3.05, 3.63) is 43.1 Å². The Morgan fingerprint density at radius 1 is 0.482 bits per heavy atom. The van der Waals surface area contributed by atoms with Crippen LogP contribution in [0.4, 0.5) is 0 Å². The quantitative estimate of drug-likeness (QED) is 0.118. The molecule has 6 aliphatic carbocycles. The standard InChI is InChI=1S/2C18H33P.C6H7.C4H9B.2CO.Mn.2Pd/c2*1-4-10-16(11-5-1)19(17-12-6-2-7-13-17)18-14-8-3-9-15-18;1-6-4-2-3-5-6;1-4(2,3)5;2*1-2;;;/h2*16-18H,1-15H2;2-5H,1H3;1-3H3;;;;;/q;;-1;;;;;;. The summed E-state index contributed by atoms with van der Waals surface area (Å²) in [6.07, 6.45) is 47.2. The normalized spacial score (nSPS) is 21.7. The van der Waals surface area contributed by atoms with Crippen molar-refractivity contribution in [2.75, 3.05) is 0 Å². The van der Waals surface area contributed by atoms with E-state index in [1.165, 1.54) is 78.0 Å². The summed E-state index contributed by atoms with van der Waals surface area (Å²) in [7, 11) is 6.12. The van der Waals surface area contributed by atoms with Crippen LogP contribution in [0.5, 0.6) is 0 Å². The minimum Gasteiger partial charge on any atom is 0 e. The van der Waals surface area contributed by atoms with Crippen molar-refractivity contribution in [1.82, 2.24) is 0 Å². The van der Waals surface area contributed by atoms with Gasteiger partial charge in [0.25, 0.3) is 0 Å². The van der Waals surface area contributed by atoms with Gasteiger partial charge in [-0.25, -0.2) is 11.6 Å². The Morgan fingerprint density at radius 2 is 0.661 bits per heavy atom. The molecular weight excluding hydrogens is 949 g/mol. The van der Waals surface area contributed by atoms with Crippen LogP contribution in [0.1, 0.15) is 219 Å². The second-order valence-corrected chi connectivity index (χ2v) is 24.6. The number of rotatable bonds is 6. The van der Waals surface area contributed by atoms with Gasteiger partial charge in [-0.15, -0.1) is 0 Å². The van der Waals surface area contributed by atoms with Crippen molar-refractivity contribution in [2.45, 2.75) is 260 Å². The Morgan fingerprint density at radius 3 is 0.768 bits per heavy atom. The third kappa shape index (κ3) is 25.5. The van der Waals surface area contributed by atoms with E-state index in [1.54, 1.807) is 154 Å². The molecule has 0 spiro atoms. The van der Waals surface area contributed by atoms with Crippen LogP contribution in [0.3, 0.4) is 0 Å². The summed E-state index contributed by atoms with van der Waals surface area (Å²) >= 11 is 0. The molecule has 0 aromatic heterocycles. The molecule has 327 valence electrons. The summed E-state index contributed by atoms with van der Waals surface area (Å²) in [5.41, 5.74) is 8.48. The van der Waals surface area contributed by atoms with Crippen molar-refractivity contribution < 1.29 is 67.2 Å². The molecule has 3 radical (unpaired) electrons. The van der Waals surface area contributed by atoms with Crippen molar-refractivity contribution >= 4 is 23.7 Å². The van der Waals surface area contributed by atoms with E-state index in [-0.39, 0.29) is 63.2 Å². The summed E-state index contributed by atoms with van der Waals surface area (Å²) in [6, 6.07) is 8.24. The van der Waals surface area contributed by atoms with Gasteiger partial charge in [-0.05, 0) is 111 Å². The summed E-state index contributed by atoms with van der Waals surface area (Å²) in [5.74, 6) is 0. The van der Waals surface area contributed by atoms with Gasteiger partial charge in [-0.3, -0.25) is 0 Å². The van der Waals surface area contributed by atoms with Crippen molar-refractivity contribution in [3.8, 4) is 0 Å². The van der Waals surface area contributed by atoms with Crippen molar-refractivity contribution in [1.29, 1.82) is 0 Å². The maximum atomic E-state index is 7.50. The van der Waals surface area contributed by atoms with Crippen LogP contribution in [0.25, 0.3) is 0 Å². The first-order valence-electron chi connectivity index (χ1n) is 22.7. The third-order valence-electron chi connectivity index (χ3n) is 12.8. The minimum absolute atomic E-state index is 0. The molecule has 2 nitrogen and oxygen atoms in total. The van der Waals surface area contributed by atoms with E-state index < -0.39 is 0 Å². The summed E-state index contributed by atoms with van der Waals surface area (Å²) < 4.78 is 15.0. The van der Waals surface area contributed by atoms with Gasteiger partial charge < -0.3 is 0 Å². The second kappa shape index (κ2) is 37.2. The zero-order valence-corrected chi connectivity index (χ0v) is 42.4. The molecule has 0 atom stereocenters. The summed E-state index contributed by atoms with van der Waals surface area (Å²) in [6.45, 7) is 17.0. The zero-order valence-electron chi connectivity index (χ0n) is 36.3. The minimum atomic E-state index is 0. The molecule has 1 aromatic carbocycles. The fourth-order valence-electron chi connectivity index (χ4n) is 10.5. The Kier molecular flexibility index (Phi) is 39.6. The largest absolute Gasteiger partial charge is 0 e. The Balaban J connectivity index is 0. The van der Waals surface area contributed by atoms with Crippen LogP contribution in [0.15, 0.2) is 24.3 Å². The van der Waals surface area contributed by atoms with Gasteiger partial charge in [0, 0.05) is 57.9 Å². The number of hydrogen-bond donors (Lipinski definition) is 0. The molecule has 0 heterocycles. The topological polar surface area (TPSA) is 39.8 Å². The van der Waals surface area contributed by atoms with Gasteiger partial charge in [0.15, 0.2) is 0 Å². The molecule has 0 amide bonds. The Labute approximate surface area is 390 Å². The monoisotopic (exact) mass is 1030 g/mol. The molecule has 6 fully saturated rings. The summed E-state index contributed by atoms with van der Waals surface area (Å²) in [4.78, 5) is 0. The van der Waals surface area contributed by atoms with E-state index in [9.17, 15) is 0 Å². The Hall–Kier alpha value is 1.60. The van der Waals surface area contributed by atoms with Crippen molar-refractivity contribution in [3.63, 3.8) is 0 Å². The number of hydrogen-bond acceptors (Lipinski definition) is 0. The maximum absolute atomic E-state index is 7.50. The van der Waals surface area contributed by atoms with Gasteiger partial charge in [-0.1, -0.05) is 164 Å². The SMILES string of the molecule is C1CCC(P(C2CCCCC2)C2CCCCC2)CC1.C1CCC(P(C2CCCCC2)C2CCCCC2)CC1.Cc1cc[cH-]c1.[B]C(C)(C)C.[C-]#[O+].[C-]#[O+].[Mn].[Pd].[Pd]. The van der Waals surface area contributed by atoms with Crippen LogP contribution < -0.4 is 0 Å². The van der Waals surface area contributed by atoms with Gasteiger partial charge in [-0.2, -0.15) is 18.2 Å². The molecule has 0 saturated heterocycles. The van der Waals surface area contributed by atoms with Crippen LogP contribution in [-0.4, -0.2) is 41.8 Å². The molecule has 56 heavy (non-hydrogen) atoms. The molecule has 6 saturated carbocycles. The maximum Gasteiger partial charge on any atom is 0 e. The molecule has 0 aliphatic heterocycles. The second-order valence-electron chi connectivity index (χ2n) is 18.5. The zero-order chi connectivity index (χ0) is 38.7. The van der Waals surface area contributed by atoms with E-state index >= 15 is 0 Å². The first-order valence-corrected chi connectivity index (χ1v) is 25.8. The molecular formula is C48H82BMnO2P2Pd2-. The molecule has 0 unspecified atom stereocenters. The summed E-state index contributed by atoms with van der Waals surface area (Å²) in [5, 5.41) is 0. The first kappa shape index (κ1) is 59.7. The van der Waals surface area contributed by atoms with Crippen LogP contribution in [-0.2, 0) is 67.2 Å². The molecule has 1 aromatic rings. The molecule has 7 rings (SSSR count). The molecule has 6 aliphatic rings.